The number of nitrogen functional groups attached to an aromatic ring is 2. The van der Waals surface area contributed by atoms with Crippen molar-refractivity contribution in [2.24, 2.45) is 0 Å². The van der Waals surface area contributed by atoms with Crippen LogP contribution >= 0.6 is 23.1 Å². The number of hydrogen-bond acceptors (Lipinski definition) is 10. The zero-order chi connectivity index (χ0) is 20.3. The van der Waals surface area contributed by atoms with Gasteiger partial charge in [0.1, 0.15) is 11.6 Å². The molecule has 3 aromatic rings. The van der Waals surface area contributed by atoms with Crippen molar-refractivity contribution in [3.8, 4) is 11.3 Å². The number of amides is 1. The summed E-state index contributed by atoms with van der Waals surface area (Å²) in [7, 11) is 0. The smallest absolute Gasteiger partial charge is 0.270 e. The van der Waals surface area contributed by atoms with Gasteiger partial charge in [0.05, 0.1) is 15.9 Å². The summed E-state index contributed by atoms with van der Waals surface area (Å²) < 4.78 is 0. The number of nitrogens with two attached hydrogens (primary N) is 2. The molecule has 0 saturated heterocycles. The monoisotopic (exact) mass is 417 g/mol. The van der Waals surface area contributed by atoms with Gasteiger partial charge in [-0.3, -0.25) is 14.9 Å². The number of nitro benzene ring substituents is 1. The Labute approximate surface area is 167 Å². The van der Waals surface area contributed by atoms with Crippen LogP contribution in [0.15, 0.2) is 40.9 Å². The summed E-state index contributed by atoms with van der Waals surface area (Å²) in [5.74, 6) is 0.155. The van der Waals surface area contributed by atoms with Gasteiger partial charge in [-0.15, -0.1) is 11.3 Å². The van der Waals surface area contributed by atoms with E-state index in [0.717, 1.165) is 11.8 Å². The van der Waals surface area contributed by atoms with Gasteiger partial charge in [-0.2, -0.15) is 0 Å². The number of non-ortho nitro benzene ring substituents is 1. The van der Waals surface area contributed by atoms with Crippen LogP contribution in [0.5, 0.6) is 0 Å². The minimum Gasteiger partial charge on any atom is -0.383 e. The molecule has 0 aliphatic heterocycles. The lowest BCUT2D eigenvalue weighted by molar-refractivity contribution is -0.384. The van der Waals surface area contributed by atoms with E-state index in [2.05, 4.69) is 20.3 Å². The van der Waals surface area contributed by atoms with E-state index in [1.807, 2.05) is 0 Å². The van der Waals surface area contributed by atoms with Gasteiger partial charge in [-0.1, -0.05) is 23.9 Å². The fourth-order valence-corrected chi connectivity index (χ4v) is 3.70. The summed E-state index contributed by atoms with van der Waals surface area (Å²) in [5.41, 5.74) is 12.4. The minimum absolute atomic E-state index is 0.0254. The fourth-order valence-electron chi connectivity index (χ4n) is 2.18. The molecule has 0 aliphatic carbocycles. The van der Waals surface area contributed by atoms with Crippen molar-refractivity contribution in [2.75, 3.05) is 16.8 Å². The maximum absolute atomic E-state index is 12.4. The maximum Gasteiger partial charge on any atom is 0.270 e. The fraction of sp³-hybridized carbons (Fsp3) is 0.125. The van der Waals surface area contributed by atoms with Gasteiger partial charge in [0.2, 0.25) is 5.91 Å². The molecule has 0 spiro atoms. The van der Waals surface area contributed by atoms with E-state index in [4.69, 9.17) is 11.5 Å². The molecule has 1 amide bonds. The van der Waals surface area contributed by atoms with Gasteiger partial charge >= 0.3 is 0 Å². The maximum atomic E-state index is 12.4. The number of carbonyl (C=O) groups is 1. The van der Waals surface area contributed by atoms with Crippen molar-refractivity contribution in [3.63, 3.8) is 0 Å². The van der Waals surface area contributed by atoms with Gasteiger partial charge in [0.25, 0.3) is 5.69 Å². The lowest BCUT2D eigenvalue weighted by Gasteiger charge is -2.09. The largest absolute Gasteiger partial charge is 0.383 e. The van der Waals surface area contributed by atoms with E-state index in [9.17, 15) is 14.9 Å². The zero-order valence-electron chi connectivity index (χ0n) is 14.5. The number of rotatable bonds is 6. The zero-order valence-corrected chi connectivity index (χ0v) is 16.2. The molecule has 28 heavy (non-hydrogen) atoms. The van der Waals surface area contributed by atoms with Crippen LogP contribution in [0.4, 0.5) is 22.5 Å². The van der Waals surface area contributed by atoms with E-state index >= 15 is 0 Å². The summed E-state index contributed by atoms with van der Waals surface area (Å²) in [4.78, 5) is 35.2. The van der Waals surface area contributed by atoms with Gasteiger partial charge in [0.15, 0.2) is 10.3 Å². The average Bonchev–Trinajstić information content (AvgIpc) is 3.09. The van der Waals surface area contributed by atoms with Crippen LogP contribution in [0.25, 0.3) is 11.3 Å². The highest BCUT2D eigenvalue weighted by atomic mass is 32.2. The Hall–Kier alpha value is -3.25. The number of nitrogens with zero attached hydrogens (tertiary/aromatic N) is 4. The summed E-state index contributed by atoms with van der Waals surface area (Å²) in [6.45, 7) is 1.69. The molecular weight excluding hydrogens is 402 g/mol. The number of aromatic nitrogens is 3. The highest BCUT2D eigenvalue weighted by Gasteiger charge is 2.18. The van der Waals surface area contributed by atoms with Gasteiger partial charge in [-0.25, -0.2) is 15.0 Å². The third-order valence-electron chi connectivity index (χ3n) is 3.48. The second-order valence-electron chi connectivity index (χ2n) is 5.59. The molecule has 3 rings (SSSR count). The van der Waals surface area contributed by atoms with E-state index < -0.39 is 10.2 Å². The number of carbonyl (C=O) groups excluding carboxylic acids is 1. The molecule has 10 nitrogen and oxygen atoms in total. The van der Waals surface area contributed by atoms with E-state index in [-0.39, 0.29) is 23.2 Å². The van der Waals surface area contributed by atoms with E-state index in [1.54, 1.807) is 24.4 Å². The Kier molecular flexibility index (Phi) is 5.70. The van der Waals surface area contributed by atoms with Crippen LogP contribution < -0.4 is 16.8 Å². The van der Waals surface area contributed by atoms with Gasteiger partial charge in [0, 0.05) is 29.1 Å². The first-order valence-corrected chi connectivity index (χ1v) is 9.65. The molecule has 1 unspecified atom stereocenters. The lowest BCUT2D eigenvalue weighted by Crippen LogP contribution is -2.22. The Morgan fingerprint density at radius 3 is 2.64 bits per heavy atom. The van der Waals surface area contributed by atoms with Crippen molar-refractivity contribution in [2.45, 2.75) is 17.3 Å². The van der Waals surface area contributed by atoms with Crippen LogP contribution in [0.2, 0.25) is 0 Å². The normalized spacial score (nSPS) is 11.8. The Balaban J connectivity index is 1.68. The highest BCUT2D eigenvalue weighted by molar-refractivity contribution is 8.00. The number of anilines is 3. The summed E-state index contributed by atoms with van der Waals surface area (Å²) >= 11 is 2.34. The lowest BCUT2D eigenvalue weighted by atomic mass is 10.1. The molecule has 0 bridgehead atoms. The van der Waals surface area contributed by atoms with Crippen molar-refractivity contribution < 1.29 is 9.72 Å². The number of thioether (sulfide) groups is 1. The van der Waals surface area contributed by atoms with Crippen molar-refractivity contribution in [3.05, 3.63) is 45.8 Å². The van der Waals surface area contributed by atoms with Crippen molar-refractivity contribution >= 4 is 51.5 Å². The highest BCUT2D eigenvalue weighted by Crippen LogP contribution is 2.28. The number of thiazole rings is 1. The Morgan fingerprint density at radius 1 is 1.25 bits per heavy atom. The molecular formula is C16H15N7O3S2. The summed E-state index contributed by atoms with van der Waals surface area (Å²) in [5, 5.41) is 15.5. The van der Waals surface area contributed by atoms with Crippen molar-refractivity contribution in [1.29, 1.82) is 0 Å². The standard InChI is InChI=1S/C16H15N7O3S2/c1-8(28-16-20-12(17)6-13(18)21-16)14(24)22-15-19-11(7-27-15)9-3-2-4-10(5-9)23(25)26/h2-8H,1H3,(H,19,22,24)(H4,17,18,20,21). The molecule has 0 saturated carbocycles. The molecule has 0 fully saturated rings. The first-order chi connectivity index (χ1) is 13.3. The molecule has 0 radical (unpaired) electrons. The number of nitrogens with one attached hydrogen (secondary N) is 1. The number of hydrogen-bond donors (Lipinski definition) is 3. The quantitative estimate of drug-likeness (QED) is 0.237. The number of benzene rings is 1. The second-order valence-corrected chi connectivity index (χ2v) is 7.76. The van der Waals surface area contributed by atoms with E-state index in [0.29, 0.717) is 21.5 Å². The molecule has 2 heterocycles. The van der Waals surface area contributed by atoms with Crippen LogP contribution in [0.3, 0.4) is 0 Å². The van der Waals surface area contributed by atoms with Gasteiger partial charge in [-0.05, 0) is 6.92 Å². The predicted molar refractivity (Wildman–Crippen MR) is 109 cm³/mol. The third kappa shape index (κ3) is 4.72. The summed E-state index contributed by atoms with van der Waals surface area (Å²) in [6.07, 6.45) is 0. The second kappa shape index (κ2) is 8.19. The third-order valence-corrected chi connectivity index (χ3v) is 5.20. The van der Waals surface area contributed by atoms with Crippen molar-refractivity contribution in [1.82, 2.24) is 15.0 Å². The SMILES string of the molecule is CC(Sc1nc(N)cc(N)n1)C(=O)Nc1nc(-c2cccc([N+](=O)[O-])c2)cs1. The predicted octanol–water partition coefficient (Wildman–Crippen LogP) is 2.79. The molecule has 1 aromatic carbocycles. The van der Waals surface area contributed by atoms with Crippen LogP contribution in [0, 0.1) is 10.1 Å². The van der Waals surface area contributed by atoms with Gasteiger partial charge < -0.3 is 16.8 Å². The minimum atomic E-state index is -0.522. The van der Waals surface area contributed by atoms with Crippen LogP contribution in [-0.4, -0.2) is 31.0 Å². The Bertz CT molecular complexity index is 1020. The molecule has 2 aromatic heterocycles. The average molecular weight is 417 g/mol. The molecule has 5 N–H and O–H groups in total. The van der Waals surface area contributed by atoms with Crippen LogP contribution in [0.1, 0.15) is 6.92 Å². The summed E-state index contributed by atoms with van der Waals surface area (Å²) in [6, 6.07) is 7.57. The first-order valence-electron chi connectivity index (χ1n) is 7.89. The first kappa shape index (κ1) is 19.5. The topological polar surface area (TPSA) is 163 Å². The van der Waals surface area contributed by atoms with Crippen LogP contribution in [-0.2, 0) is 4.79 Å². The molecule has 144 valence electrons. The molecule has 12 heteroatoms. The van der Waals surface area contributed by atoms with E-state index in [1.165, 1.54) is 29.5 Å². The Morgan fingerprint density at radius 2 is 1.96 bits per heavy atom. The molecule has 0 aliphatic rings. The molecule has 1 atom stereocenters. The number of nitro groups is 1.